The fraction of sp³-hybridized carbons (Fsp3) is 0.833. The monoisotopic (exact) mass is 257 g/mol. The minimum Gasteiger partial charge on any atom is -0.481 e. The summed E-state index contributed by atoms with van der Waals surface area (Å²) in [5, 5.41) is 8.71. The smallest absolute Gasteiger partial charge is 0.305 e. The van der Waals surface area contributed by atoms with Crippen molar-refractivity contribution in [3.63, 3.8) is 0 Å². The lowest BCUT2D eigenvalue weighted by Gasteiger charge is -2.29. The van der Waals surface area contributed by atoms with Gasteiger partial charge in [-0.05, 0) is 18.8 Å². The molecule has 0 spiro atoms. The van der Waals surface area contributed by atoms with Gasteiger partial charge >= 0.3 is 5.97 Å². The summed E-state index contributed by atoms with van der Waals surface area (Å²) in [5.41, 5.74) is 0. The molecule has 1 heterocycles. The van der Waals surface area contributed by atoms with Crippen molar-refractivity contribution in [1.29, 1.82) is 0 Å². The quantitative estimate of drug-likeness (QED) is 0.731. The second kappa shape index (κ2) is 6.15. The molecule has 1 aliphatic carbocycles. The van der Waals surface area contributed by atoms with Crippen LogP contribution in [0.4, 0.5) is 0 Å². The number of carboxylic acid groups (broad SMARTS) is 1. The van der Waals surface area contributed by atoms with Gasteiger partial charge < -0.3 is 19.5 Å². The van der Waals surface area contributed by atoms with Crippen LogP contribution >= 0.6 is 0 Å². The highest BCUT2D eigenvalue weighted by Gasteiger charge is 2.32. The summed E-state index contributed by atoms with van der Waals surface area (Å²) in [6.07, 6.45) is 1.66. The van der Waals surface area contributed by atoms with Crippen molar-refractivity contribution < 1.29 is 24.2 Å². The zero-order valence-corrected chi connectivity index (χ0v) is 10.3. The summed E-state index contributed by atoms with van der Waals surface area (Å²) >= 11 is 0. The van der Waals surface area contributed by atoms with Crippen molar-refractivity contribution in [2.24, 2.45) is 5.92 Å². The molecule has 1 saturated carbocycles. The van der Waals surface area contributed by atoms with Crippen molar-refractivity contribution >= 4 is 11.9 Å². The summed E-state index contributed by atoms with van der Waals surface area (Å²) in [5.74, 6) is -0.487. The number of carbonyl (C=O) groups excluding carboxylic acids is 1. The van der Waals surface area contributed by atoms with E-state index in [1.54, 1.807) is 4.90 Å². The molecule has 0 radical (unpaired) electrons. The molecule has 6 nitrogen and oxygen atoms in total. The van der Waals surface area contributed by atoms with E-state index in [1.807, 2.05) is 0 Å². The maximum absolute atomic E-state index is 12.2. The zero-order valence-electron chi connectivity index (χ0n) is 10.3. The molecule has 0 aromatic heterocycles. The predicted octanol–water partition coefficient (Wildman–Crippen LogP) is 0.115. The van der Waals surface area contributed by atoms with E-state index in [1.165, 1.54) is 0 Å². The molecule has 1 atom stereocenters. The van der Waals surface area contributed by atoms with Crippen LogP contribution in [0.5, 0.6) is 0 Å². The van der Waals surface area contributed by atoms with Gasteiger partial charge in [0.25, 0.3) is 5.91 Å². The lowest BCUT2D eigenvalue weighted by atomic mass is 10.2. The third-order valence-electron chi connectivity index (χ3n) is 3.17. The molecule has 0 bridgehead atoms. The van der Waals surface area contributed by atoms with Crippen LogP contribution in [-0.2, 0) is 19.1 Å². The molecule has 1 N–H and O–H groups in total. The molecular formula is C12H19NO5. The highest BCUT2D eigenvalue weighted by molar-refractivity contribution is 5.81. The third-order valence-corrected chi connectivity index (χ3v) is 3.17. The first kappa shape index (κ1) is 13.3. The van der Waals surface area contributed by atoms with Crippen LogP contribution in [-0.4, -0.2) is 60.9 Å². The maximum atomic E-state index is 12.2. The van der Waals surface area contributed by atoms with E-state index < -0.39 is 12.1 Å². The molecule has 2 aliphatic rings. The Hall–Kier alpha value is -1.14. The highest BCUT2D eigenvalue weighted by Crippen LogP contribution is 2.30. The van der Waals surface area contributed by atoms with Crippen LogP contribution in [0.3, 0.4) is 0 Å². The highest BCUT2D eigenvalue weighted by atomic mass is 16.6. The number of rotatable bonds is 6. The lowest BCUT2D eigenvalue weighted by Crippen LogP contribution is -2.46. The Labute approximate surface area is 106 Å². The average Bonchev–Trinajstić information content (AvgIpc) is 3.18. The molecule has 0 aromatic carbocycles. The first-order valence-electron chi connectivity index (χ1n) is 6.36. The summed E-state index contributed by atoms with van der Waals surface area (Å²) in [4.78, 5) is 24.4. The number of ether oxygens (including phenoxy) is 2. The van der Waals surface area contributed by atoms with Gasteiger partial charge in [-0.2, -0.15) is 0 Å². The van der Waals surface area contributed by atoms with Crippen molar-refractivity contribution in [3.05, 3.63) is 0 Å². The molecular weight excluding hydrogens is 238 g/mol. The minimum absolute atomic E-state index is 0.0218. The van der Waals surface area contributed by atoms with Crippen molar-refractivity contribution in [2.45, 2.75) is 25.4 Å². The first-order chi connectivity index (χ1) is 8.66. The van der Waals surface area contributed by atoms with Gasteiger partial charge in [-0.15, -0.1) is 0 Å². The van der Waals surface area contributed by atoms with E-state index in [4.69, 9.17) is 14.6 Å². The number of carbonyl (C=O) groups is 2. The molecule has 2 fully saturated rings. The lowest BCUT2D eigenvalue weighted by molar-refractivity contribution is -0.158. The molecule has 6 heteroatoms. The Morgan fingerprint density at radius 1 is 1.28 bits per heavy atom. The van der Waals surface area contributed by atoms with E-state index in [9.17, 15) is 9.59 Å². The largest absolute Gasteiger partial charge is 0.481 e. The Morgan fingerprint density at radius 2 is 2.06 bits per heavy atom. The second-order valence-corrected chi connectivity index (χ2v) is 4.81. The van der Waals surface area contributed by atoms with Crippen molar-refractivity contribution in [1.82, 2.24) is 4.90 Å². The number of aliphatic carboxylic acids is 1. The van der Waals surface area contributed by atoms with Crippen molar-refractivity contribution in [2.75, 3.05) is 32.9 Å². The minimum atomic E-state index is -0.885. The van der Waals surface area contributed by atoms with Gasteiger partial charge in [-0.1, -0.05) is 0 Å². The summed E-state index contributed by atoms with van der Waals surface area (Å²) in [6, 6.07) is 0. The fourth-order valence-electron chi connectivity index (χ4n) is 1.97. The molecule has 2 rings (SSSR count). The predicted molar refractivity (Wildman–Crippen MR) is 62.1 cm³/mol. The van der Waals surface area contributed by atoms with E-state index in [0.717, 1.165) is 12.8 Å². The van der Waals surface area contributed by atoms with Gasteiger partial charge in [-0.3, -0.25) is 9.59 Å². The molecule has 0 aromatic rings. The Kier molecular flexibility index (Phi) is 4.54. The average molecular weight is 257 g/mol. The maximum Gasteiger partial charge on any atom is 0.305 e. The molecule has 1 saturated heterocycles. The van der Waals surface area contributed by atoms with Gasteiger partial charge in [0, 0.05) is 13.1 Å². The molecule has 1 amide bonds. The SMILES string of the molecule is O=C(O)CCN(CC1CC1)C(=O)C1COCCO1. The number of carboxylic acids is 1. The van der Waals surface area contributed by atoms with Crippen LogP contribution in [0.15, 0.2) is 0 Å². The van der Waals surface area contributed by atoms with Crippen LogP contribution in [0.2, 0.25) is 0 Å². The Balaban J connectivity index is 1.87. The summed E-state index contributed by atoms with van der Waals surface area (Å²) < 4.78 is 10.6. The van der Waals surface area contributed by atoms with Crippen LogP contribution < -0.4 is 0 Å². The summed E-state index contributed by atoms with van der Waals surface area (Å²) in [7, 11) is 0. The Morgan fingerprint density at radius 3 is 2.61 bits per heavy atom. The number of nitrogens with zero attached hydrogens (tertiary/aromatic N) is 1. The zero-order chi connectivity index (χ0) is 13.0. The van der Waals surface area contributed by atoms with Gasteiger partial charge in [-0.25, -0.2) is 0 Å². The van der Waals surface area contributed by atoms with Gasteiger partial charge in [0.15, 0.2) is 6.10 Å². The number of hydrogen-bond donors (Lipinski definition) is 1. The van der Waals surface area contributed by atoms with E-state index in [2.05, 4.69) is 0 Å². The van der Waals surface area contributed by atoms with Crippen molar-refractivity contribution in [3.8, 4) is 0 Å². The van der Waals surface area contributed by atoms with Gasteiger partial charge in [0.1, 0.15) is 0 Å². The molecule has 1 unspecified atom stereocenters. The van der Waals surface area contributed by atoms with Crippen LogP contribution in [0.25, 0.3) is 0 Å². The van der Waals surface area contributed by atoms with E-state index in [-0.39, 0.29) is 25.5 Å². The van der Waals surface area contributed by atoms with Gasteiger partial charge in [0.05, 0.1) is 26.2 Å². The topological polar surface area (TPSA) is 76.1 Å². The van der Waals surface area contributed by atoms with Gasteiger partial charge in [0.2, 0.25) is 0 Å². The number of amides is 1. The van der Waals surface area contributed by atoms with Crippen LogP contribution in [0.1, 0.15) is 19.3 Å². The summed E-state index contributed by atoms with van der Waals surface area (Å²) in [6.45, 7) is 2.11. The Bertz CT molecular complexity index is 310. The van der Waals surface area contributed by atoms with E-state index in [0.29, 0.717) is 25.7 Å². The molecule has 102 valence electrons. The fourth-order valence-corrected chi connectivity index (χ4v) is 1.97. The standard InChI is InChI=1S/C12H19NO5/c14-11(15)3-4-13(7-9-1-2-9)12(16)10-8-17-5-6-18-10/h9-10H,1-8H2,(H,14,15). The third kappa shape index (κ3) is 3.96. The molecule has 18 heavy (non-hydrogen) atoms. The second-order valence-electron chi connectivity index (χ2n) is 4.81. The van der Waals surface area contributed by atoms with E-state index >= 15 is 0 Å². The van der Waals surface area contributed by atoms with Crippen LogP contribution in [0, 0.1) is 5.92 Å². The normalized spacial score (nSPS) is 23.7. The molecule has 1 aliphatic heterocycles. The first-order valence-corrected chi connectivity index (χ1v) is 6.36. The number of hydrogen-bond acceptors (Lipinski definition) is 4.